The van der Waals surface area contributed by atoms with Crippen molar-refractivity contribution in [2.75, 3.05) is 40.4 Å². The number of methoxy groups -OCH3 is 2. The highest BCUT2D eigenvalue weighted by molar-refractivity contribution is 6.00. The molecule has 3 aromatic rings. The number of hydrogen-bond acceptors (Lipinski definition) is 8. The average Bonchev–Trinajstić information content (AvgIpc) is 3.00. The Labute approximate surface area is 252 Å². The Hall–Kier alpha value is -3.69. The second kappa shape index (κ2) is 15.3. The fraction of sp³-hybridized carbons (Fsp3) is 0.333. The molecule has 0 bridgehead atoms. The zero-order valence-electron chi connectivity index (χ0n) is 23.1. The van der Waals surface area contributed by atoms with Gasteiger partial charge in [0.15, 0.2) is 23.0 Å². The van der Waals surface area contributed by atoms with E-state index in [9.17, 15) is 0 Å². The van der Waals surface area contributed by atoms with Crippen LogP contribution in [0, 0.1) is 5.82 Å². The average molecular weight is 606 g/mol. The van der Waals surface area contributed by atoms with Gasteiger partial charge in [-0.15, -0.1) is 24.8 Å². The van der Waals surface area contributed by atoms with Crippen LogP contribution in [0.1, 0.15) is 35.1 Å². The monoisotopic (exact) mass is 604 g/mol. The summed E-state index contributed by atoms with van der Waals surface area (Å²) >= 11 is 0. The van der Waals surface area contributed by atoms with E-state index in [0.717, 1.165) is 61.8 Å². The van der Waals surface area contributed by atoms with E-state index in [1.807, 2.05) is 36.4 Å². The minimum Gasteiger partial charge on any atom is -0.493 e. The minimum absolute atomic E-state index is 0. The molecule has 0 spiro atoms. The number of ether oxygens (including phenoxy) is 4. The lowest BCUT2D eigenvalue weighted by molar-refractivity contribution is 0.270. The van der Waals surface area contributed by atoms with Crippen LogP contribution in [0.15, 0.2) is 64.6 Å². The predicted octanol–water partition coefficient (Wildman–Crippen LogP) is 5.32. The van der Waals surface area contributed by atoms with Crippen molar-refractivity contribution in [3.05, 3.63) is 82.7 Å². The summed E-state index contributed by atoms with van der Waals surface area (Å²) in [6.07, 6.45) is 2.04. The first-order chi connectivity index (χ1) is 19.2. The van der Waals surface area contributed by atoms with Crippen LogP contribution >= 0.6 is 24.8 Å². The Morgan fingerprint density at radius 1 is 0.683 bits per heavy atom. The molecule has 0 radical (unpaired) electrons. The van der Waals surface area contributed by atoms with Crippen LogP contribution in [0.3, 0.4) is 0 Å². The van der Waals surface area contributed by atoms with Crippen molar-refractivity contribution in [1.29, 1.82) is 0 Å². The maximum atomic E-state index is 15.4. The third-order valence-corrected chi connectivity index (χ3v) is 6.59. The molecule has 11 heteroatoms. The van der Waals surface area contributed by atoms with Crippen molar-refractivity contribution in [1.82, 2.24) is 10.6 Å². The van der Waals surface area contributed by atoms with E-state index >= 15 is 4.39 Å². The number of amidine groups is 2. The summed E-state index contributed by atoms with van der Waals surface area (Å²) in [7, 11) is 3.17. The molecular formula is C30H35Cl2FN4O4. The number of nitrogens with one attached hydrogen (secondary N) is 2. The Kier molecular flexibility index (Phi) is 11.9. The molecule has 3 aromatic carbocycles. The molecule has 41 heavy (non-hydrogen) atoms. The van der Waals surface area contributed by atoms with E-state index in [0.29, 0.717) is 34.1 Å². The number of nitrogens with zero attached hydrogens (tertiary/aromatic N) is 2. The quantitative estimate of drug-likeness (QED) is 0.325. The normalized spacial score (nSPS) is 14.1. The van der Waals surface area contributed by atoms with Gasteiger partial charge in [0, 0.05) is 48.4 Å². The Bertz CT molecular complexity index is 1290. The standard InChI is InChI=1S/C30H33FN4O4.2ClH/c1-36-26-16-20(29-32-12-4-13-33-29)8-10-24(26)38-18-22-6-3-7-23(28(22)31)19-39-25-11-9-21(17-27(25)37-2)30-34-14-5-15-35-30;;/h3,6-11,16-17H,4-5,12-15,18-19H2,1-2H3,(H,32,33)(H,34,35);2*1H. The van der Waals surface area contributed by atoms with E-state index < -0.39 is 0 Å². The smallest absolute Gasteiger partial charge is 0.161 e. The Morgan fingerprint density at radius 3 is 1.54 bits per heavy atom. The second-order valence-electron chi connectivity index (χ2n) is 9.22. The summed E-state index contributed by atoms with van der Waals surface area (Å²) in [5.74, 6) is 3.50. The lowest BCUT2D eigenvalue weighted by atomic mass is 10.1. The van der Waals surface area contributed by atoms with E-state index in [-0.39, 0.29) is 43.8 Å². The summed E-state index contributed by atoms with van der Waals surface area (Å²) in [4.78, 5) is 9.05. The molecule has 0 unspecified atom stereocenters. The molecule has 8 nitrogen and oxygen atoms in total. The second-order valence-corrected chi connectivity index (χ2v) is 9.22. The summed E-state index contributed by atoms with van der Waals surface area (Å²) in [5, 5.41) is 6.61. The number of benzene rings is 3. The SMILES string of the molecule is COc1cc(C2=NCCCN2)ccc1OCc1cccc(COc2ccc(C3=NCCCN3)cc2OC)c1F.Cl.Cl. The molecule has 2 aliphatic heterocycles. The lowest BCUT2D eigenvalue weighted by Crippen LogP contribution is -2.30. The zero-order chi connectivity index (χ0) is 27.0. The van der Waals surface area contributed by atoms with Crippen LogP contribution in [0.4, 0.5) is 4.39 Å². The molecule has 2 heterocycles. The van der Waals surface area contributed by atoms with E-state index in [4.69, 9.17) is 18.9 Å². The molecular weight excluding hydrogens is 570 g/mol. The van der Waals surface area contributed by atoms with Gasteiger partial charge in [0.05, 0.1) is 14.2 Å². The molecule has 0 saturated heterocycles. The van der Waals surface area contributed by atoms with Gasteiger partial charge in [0.2, 0.25) is 0 Å². The third kappa shape index (κ3) is 7.74. The summed E-state index contributed by atoms with van der Waals surface area (Å²) < 4.78 is 38.4. The maximum Gasteiger partial charge on any atom is 0.161 e. The van der Waals surface area contributed by atoms with Gasteiger partial charge in [0.1, 0.15) is 30.7 Å². The minimum atomic E-state index is -0.370. The van der Waals surface area contributed by atoms with Gasteiger partial charge in [-0.3, -0.25) is 9.98 Å². The number of aliphatic imine (C=N–C) groups is 2. The van der Waals surface area contributed by atoms with Crippen LogP contribution in [-0.2, 0) is 13.2 Å². The van der Waals surface area contributed by atoms with Crippen molar-refractivity contribution in [2.45, 2.75) is 26.1 Å². The van der Waals surface area contributed by atoms with Gasteiger partial charge in [-0.1, -0.05) is 18.2 Å². The van der Waals surface area contributed by atoms with Gasteiger partial charge in [0.25, 0.3) is 0 Å². The van der Waals surface area contributed by atoms with Gasteiger partial charge >= 0.3 is 0 Å². The first-order valence-corrected chi connectivity index (χ1v) is 13.1. The Balaban J connectivity index is 0.00000231. The first-order valence-electron chi connectivity index (χ1n) is 13.1. The molecule has 0 aromatic heterocycles. The number of halogens is 3. The molecule has 0 fully saturated rings. The van der Waals surface area contributed by atoms with E-state index in [2.05, 4.69) is 20.6 Å². The number of rotatable bonds is 10. The van der Waals surface area contributed by atoms with Gasteiger partial charge in [-0.05, 0) is 49.2 Å². The van der Waals surface area contributed by atoms with Crippen molar-refractivity contribution in [3.63, 3.8) is 0 Å². The topological polar surface area (TPSA) is 85.7 Å². The van der Waals surface area contributed by atoms with Crippen LogP contribution in [0.2, 0.25) is 0 Å². The number of hydrogen-bond donors (Lipinski definition) is 2. The zero-order valence-corrected chi connectivity index (χ0v) is 24.7. The van der Waals surface area contributed by atoms with Crippen molar-refractivity contribution in [2.24, 2.45) is 9.98 Å². The molecule has 2 N–H and O–H groups in total. The van der Waals surface area contributed by atoms with Crippen LogP contribution < -0.4 is 29.6 Å². The molecule has 0 aliphatic carbocycles. The lowest BCUT2D eigenvalue weighted by Gasteiger charge is -2.17. The third-order valence-electron chi connectivity index (χ3n) is 6.59. The van der Waals surface area contributed by atoms with Crippen molar-refractivity contribution < 1.29 is 23.3 Å². The van der Waals surface area contributed by atoms with Crippen LogP contribution in [0.25, 0.3) is 0 Å². The van der Waals surface area contributed by atoms with E-state index in [1.165, 1.54) is 0 Å². The fourth-order valence-corrected chi connectivity index (χ4v) is 4.49. The first kappa shape index (κ1) is 31.8. The fourth-order valence-electron chi connectivity index (χ4n) is 4.49. The highest BCUT2D eigenvalue weighted by atomic mass is 35.5. The van der Waals surface area contributed by atoms with Gasteiger partial charge in [-0.25, -0.2) is 4.39 Å². The Morgan fingerprint density at radius 2 is 1.15 bits per heavy atom. The van der Waals surface area contributed by atoms with Gasteiger partial charge < -0.3 is 29.6 Å². The van der Waals surface area contributed by atoms with Crippen LogP contribution in [-0.4, -0.2) is 52.1 Å². The van der Waals surface area contributed by atoms with Crippen LogP contribution in [0.5, 0.6) is 23.0 Å². The molecule has 0 atom stereocenters. The van der Waals surface area contributed by atoms with Crippen molar-refractivity contribution >= 4 is 36.5 Å². The highest BCUT2D eigenvalue weighted by Gasteiger charge is 2.16. The summed E-state index contributed by atoms with van der Waals surface area (Å²) in [6, 6.07) is 16.4. The largest absolute Gasteiger partial charge is 0.493 e. The molecule has 2 aliphatic rings. The maximum absolute atomic E-state index is 15.4. The molecule has 0 amide bonds. The molecule has 0 saturated carbocycles. The van der Waals surface area contributed by atoms with E-state index in [1.54, 1.807) is 32.4 Å². The predicted molar refractivity (Wildman–Crippen MR) is 164 cm³/mol. The van der Waals surface area contributed by atoms with Crippen molar-refractivity contribution in [3.8, 4) is 23.0 Å². The van der Waals surface area contributed by atoms with Gasteiger partial charge in [-0.2, -0.15) is 0 Å². The summed E-state index contributed by atoms with van der Waals surface area (Å²) in [6.45, 7) is 3.47. The summed E-state index contributed by atoms with van der Waals surface area (Å²) in [5.41, 5.74) is 2.69. The highest BCUT2D eigenvalue weighted by Crippen LogP contribution is 2.31. The molecule has 5 rings (SSSR count). The molecule has 220 valence electrons.